The highest BCUT2D eigenvalue weighted by atomic mass is 19.3. The number of halogens is 2. The van der Waals surface area contributed by atoms with E-state index in [9.17, 15) is 18.4 Å². The van der Waals surface area contributed by atoms with Gasteiger partial charge in [0.05, 0.1) is 7.11 Å². The van der Waals surface area contributed by atoms with Crippen molar-refractivity contribution >= 4 is 16.9 Å². The lowest BCUT2D eigenvalue weighted by atomic mass is 10.0. The van der Waals surface area contributed by atoms with Crippen LogP contribution in [0, 0.1) is 6.92 Å². The van der Waals surface area contributed by atoms with Crippen LogP contribution in [0.25, 0.3) is 11.0 Å². The molecular formula is C23H23F2NO5. The standard InChI is InChI=1S/C23H23F2NO5/c1-14-18-9-8-17(29-3)12-20(18)31-22(28)19(14)10-11-21(27)26(2)13-15-4-6-16(7-5-15)30-23(24)25/h4-9,12,23H,10-11,13H2,1-3H3. The number of aryl methyl sites for hydroxylation is 1. The van der Waals surface area contributed by atoms with E-state index in [2.05, 4.69) is 4.74 Å². The predicted octanol–water partition coefficient (Wildman–Crippen LogP) is 4.30. The number of carbonyl (C=O) groups excluding carboxylic acids is 1. The maximum absolute atomic E-state index is 12.6. The van der Waals surface area contributed by atoms with Gasteiger partial charge in [0.2, 0.25) is 5.91 Å². The van der Waals surface area contributed by atoms with Gasteiger partial charge in [-0.05, 0) is 48.7 Å². The minimum atomic E-state index is -2.88. The molecule has 0 fully saturated rings. The molecule has 1 heterocycles. The quantitative estimate of drug-likeness (QED) is 0.498. The van der Waals surface area contributed by atoms with Crippen molar-refractivity contribution in [2.75, 3.05) is 14.2 Å². The van der Waals surface area contributed by atoms with Gasteiger partial charge in [-0.15, -0.1) is 0 Å². The van der Waals surface area contributed by atoms with Crippen LogP contribution in [0.15, 0.2) is 51.7 Å². The highest BCUT2D eigenvalue weighted by Crippen LogP contribution is 2.24. The number of nitrogens with zero attached hydrogens (tertiary/aromatic N) is 1. The number of hydrogen-bond donors (Lipinski definition) is 0. The zero-order valence-electron chi connectivity index (χ0n) is 17.5. The Hall–Kier alpha value is -3.42. The Balaban J connectivity index is 1.66. The summed E-state index contributed by atoms with van der Waals surface area (Å²) in [5.74, 6) is 0.499. The third kappa shape index (κ3) is 5.39. The van der Waals surface area contributed by atoms with Crippen molar-refractivity contribution < 1.29 is 27.5 Å². The van der Waals surface area contributed by atoms with Crippen LogP contribution in [0.4, 0.5) is 8.78 Å². The maximum Gasteiger partial charge on any atom is 0.387 e. The molecule has 1 aromatic heterocycles. The third-order valence-corrected chi connectivity index (χ3v) is 5.08. The molecule has 1 amide bonds. The number of alkyl halides is 2. The molecule has 3 aromatic rings. The highest BCUT2D eigenvalue weighted by Gasteiger charge is 2.16. The van der Waals surface area contributed by atoms with Crippen molar-refractivity contribution in [3.63, 3.8) is 0 Å². The fourth-order valence-electron chi connectivity index (χ4n) is 3.35. The molecule has 6 nitrogen and oxygen atoms in total. The molecule has 0 aliphatic rings. The Labute approximate surface area is 178 Å². The number of fused-ring (bicyclic) bond motifs is 1. The van der Waals surface area contributed by atoms with Gasteiger partial charge in [0, 0.05) is 37.0 Å². The van der Waals surface area contributed by atoms with E-state index in [0.29, 0.717) is 23.4 Å². The van der Waals surface area contributed by atoms with E-state index >= 15 is 0 Å². The van der Waals surface area contributed by atoms with Crippen molar-refractivity contribution in [3.05, 3.63) is 69.6 Å². The summed E-state index contributed by atoms with van der Waals surface area (Å²) in [5.41, 5.74) is 1.98. The molecule has 2 aromatic carbocycles. The lowest BCUT2D eigenvalue weighted by Crippen LogP contribution is -2.27. The number of carbonyl (C=O) groups is 1. The van der Waals surface area contributed by atoms with Crippen LogP contribution in [-0.2, 0) is 17.8 Å². The van der Waals surface area contributed by atoms with Gasteiger partial charge in [0.15, 0.2) is 0 Å². The maximum atomic E-state index is 12.6. The molecule has 31 heavy (non-hydrogen) atoms. The summed E-state index contributed by atoms with van der Waals surface area (Å²) in [7, 11) is 3.18. The van der Waals surface area contributed by atoms with Crippen molar-refractivity contribution in [1.29, 1.82) is 0 Å². The first-order valence-electron chi connectivity index (χ1n) is 9.66. The van der Waals surface area contributed by atoms with E-state index in [1.54, 1.807) is 31.3 Å². The molecule has 0 bridgehead atoms. The van der Waals surface area contributed by atoms with Gasteiger partial charge in [0.1, 0.15) is 17.1 Å². The molecular weight excluding hydrogens is 408 g/mol. The second-order valence-corrected chi connectivity index (χ2v) is 7.13. The Morgan fingerprint density at radius 2 is 1.81 bits per heavy atom. The van der Waals surface area contributed by atoms with Gasteiger partial charge in [-0.3, -0.25) is 4.79 Å². The number of hydrogen-bond acceptors (Lipinski definition) is 5. The Bertz CT molecular complexity index is 1130. The van der Waals surface area contributed by atoms with Gasteiger partial charge >= 0.3 is 12.2 Å². The molecule has 0 aliphatic heterocycles. The van der Waals surface area contributed by atoms with Crippen molar-refractivity contribution in [1.82, 2.24) is 4.90 Å². The summed E-state index contributed by atoms with van der Waals surface area (Å²) in [5, 5.41) is 0.794. The summed E-state index contributed by atoms with van der Waals surface area (Å²) >= 11 is 0. The largest absolute Gasteiger partial charge is 0.497 e. The van der Waals surface area contributed by atoms with Crippen LogP contribution >= 0.6 is 0 Å². The lowest BCUT2D eigenvalue weighted by Gasteiger charge is -2.18. The first-order valence-corrected chi connectivity index (χ1v) is 9.66. The van der Waals surface area contributed by atoms with Crippen LogP contribution in [0.2, 0.25) is 0 Å². The Kier molecular flexibility index (Phi) is 6.89. The number of benzene rings is 2. The van der Waals surface area contributed by atoms with Gasteiger partial charge in [-0.2, -0.15) is 8.78 Å². The van der Waals surface area contributed by atoms with Gasteiger partial charge < -0.3 is 18.8 Å². The van der Waals surface area contributed by atoms with Crippen LogP contribution < -0.4 is 15.1 Å². The van der Waals surface area contributed by atoms with Crippen LogP contribution in [0.3, 0.4) is 0 Å². The minimum Gasteiger partial charge on any atom is -0.497 e. The summed E-state index contributed by atoms with van der Waals surface area (Å²) in [6.07, 6.45) is 0.386. The van der Waals surface area contributed by atoms with E-state index in [4.69, 9.17) is 9.15 Å². The zero-order chi connectivity index (χ0) is 22.5. The smallest absolute Gasteiger partial charge is 0.387 e. The molecule has 0 radical (unpaired) electrons. The number of rotatable bonds is 8. The van der Waals surface area contributed by atoms with E-state index in [1.807, 2.05) is 13.0 Å². The highest BCUT2D eigenvalue weighted by molar-refractivity contribution is 5.82. The molecule has 0 atom stereocenters. The molecule has 164 valence electrons. The first-order chi connectivity index (χ1) is 14.8. The molecule has 0 saturated heterocycles. The average molecular weight is 431 g/mol. The number of methoxy groups -OCH3 is 1. The summed E-state index contributed by atoms with van der Waals surface area (Å²) in [6.45, 7) is -0.745. The molecule has 0 N–H and O–H groups in total. The van der Waals surface area contributed by atoms with Crippen LogP contribution in [0.5, 0.6) is 11.5 Å². The van der Waals surface area contributed by atoms with Crippen molar-refractivity contribution in [3.8, 4) is 11.5 Å². The summed E-state index contributed by atoms with van der Waals surface area (Å²) in [4.78, 5) is 26.5. The molecule has 0 spiro atoms. The summed E-state index contributed by atoms with van der Waals surface area (Å²) < 4.78 is 39.3. The second kappa shape index (κ2) is 9.59. The van der Waals surface area contributed by atoms with Gasteiger partial charge in [-0.25, -0.2) is 4.79 Å². The number of amides is 1. The average Bonchev–Trinajstić information content (AvgIpc) is 2.73. The number of ether oxygens (including phenoxy) is 2. The lowest BCUT2D eigenvalue weighted by molar-refractivity contribution is -0.130. The fraction of sp³-hybridized carbons (Fsp3) is 0.304. The van der Waals surface area contributed by atoms with E-state index in [-0.39, 0.29) is 24.5 Å². The van der Waals surface area contributed by atoms with Gasteiger partial charge in [0.25, 0.3) is 0 Å². The van der Waals surface area contributed by atoms with Crippen LogP contribution in [-0.4, -0.2) is 31.6 Å². The van der Waals surface area contributed by atoms with Gasteiger partial charge in [-0.1, -0.05) is 12.1 Å². The normalized spacial score (nSPS) is 11.0. The molecule has 0 saturated carbocycles. The zero-order valence-corrected chi connectivity index (χ0v) is 17.5. The Morgan fingerprint density at radius 3 is 2.45 bits per heavy atom. The van der Waals surface area contributed by atoms with Crippen molar-refractivity contribution in [2.45, 2.75) is 32.9 Å². The molecule has 0 unspecified atom stereocenters. The third-order valence-electron chi connectivity index (χ3n) is 5.08. The monoisotopic (exact) mass is 431 g/mol. The summed E-state index contributed by atoms with van der Waals surface area (Å²) in [6, 6.07) is 11.4. The molecule has 3 rings (SSSR count). The minimum absolute atomic E-state index is 0.0591. The fourth-order valence-corrected chi connectivity index (χ4v) is 3.35. The second-order valence-electron chi connectivity index (χ2n) is 7.13. The Morgan fingerprint density at radius 1 is 1.13 bits per heavy atom. The van der Waals surface area contributed by atoms with E-state index in [0.717, 1.165) is 16.5 Å². The van der Waals surface area contributed by atoms with Crippen LogP contribution in [0.1, 0.15) is 23.1 Å². The molecule has 0 aliphatic carbocycles. The SMILES string of the molecule is COc1ccc2c(C)c(CCC(=O)N(C)Cc3ccc(OC(F)F)cc3)c(=O)oc2c1. The van der Waals surface area contributed by atoms with E-state index < -0.39 is 12.2 Å². The van der Waals surface area contributed by atoms with Crippen molar-refractivity contribution in [2.24, 2.45) is 0 Å². The topological polar surface area (TPSA) is 69.0 Å². The van der Waals surface area contributed by atoms with E-state index in [1.165, 1.54) is 24.1 Å². The first kappa shape index (κ1) is 22.3. The molecule has 8 heteroatoms. The predicted molar refractivity (Wildman–Crippen MR) is 112 cm³/mol.